The Labute approximate surface area is 145 Å². The van der Waals surface area contributed by atoms with Crippen LogP contribution in [-0.4, -0.2) is 63.5 Å². The normalized spacial score (nSPS) is 26.0. The van der Waals surface area contributed by atoms with E-state index in [9.17, 15) is 24.6 Å². The molecule has 8 nitrogen and oxygen atoms in total. The number of aliphatic carboxylic acids is 1. The SMILES string of the molecule is COC1(NC(=O)c2cccs2)C(=O)N2C(C(=O)O)=C(CO)CSC21. The molecule has 1 aromatic rings. The predicted octanol–water partition coefficient (Wildman–Crippen LogP) is 0.0667. The summed E-state index contributed by atoms with van der Waals surface area (Å²) in [5.41, 5.74) is -1.61. The van der Waals surface area contributed by atoms with Gasteiger partial charge in [-0.05, 0) is 17.0 Å². The van der Waals surface area contributed by atoms with Gasteiger partial charge in [-0.25, -0.2) is 4.79 Å². The van der Waals surface area contributed by atoms with E-state index in [4.69, 9.17) is 4.74 Å². The van der Waals surface area contributed by atoms with Crippen LogP contribution >= 0.6 is 23.1 Å². The number of hydrogen-bond donors (Lipinski definition) is 3. The number of rotatable bonds is 5. The molecular weight excluding hydrogens is 356 g/mol. The summed E-state index contributed by atoms with van der Waals surface area (Å²) in [6.07, 6.45) is 0. The number of thiophene rings is 1. The highest BCUT2D eigenvalue weighted by atomic mass is 32.2. The molecule has 1 saturated heterocycles. The fourth-order valence-corrected chi connectivity index (χ4v) is 4.75. The third-order valence-corrected chi connectivity index (χ3v) is 6.11. The summed E-state index contributed by atoms with van der Waals surface area (Å²) in [7, 11) is 1.29. The number of nitrogens with zero attached hydrogens (tertiary/aromatic N) is 1. The minimum Gasteiger partial charge on any atom is -0.477 e. The van der Waals surface area contributed by atoms with Gasteiger partial charge in [-0.1, -0.05) is 6.07 Å². The number of nitrogens with one attached hydrogen (secondary N) is 1. The average molecular weight is 370 g/mol. The Kier molecular flexibility index (Phi) is 4.38. The molecule has 0 bridgehead atoms. The summed E-state index contributed by atoms with van der Waals surface area (Å²) in [5, 5.41) is 22.3. The summed E-state index contributed by atoms with van der Waals surface area (Å²) in [6.45, 7) is -0.452. The molecule has 1 aromatic heterocycles. The molecule has 3 N–H and O–H groups in total. The number of ether oxygens (including phenoxy) is 1. The van der Waals surface area contributed by atoms with Gasteiger partial charge in [0.1, 0.15) is 11.1 Å². The highest BCUT2D eigenvalue weighted by molar-refractivity contribution is 8.00. The number of β-lactam (4-membered cyclic amide) rings is 1. The van der Waals surface area contributed by atoms with Gasteiger partial charge in [-0.3, -0.25) is 14.5 Å². The van der Waals surface area contributed by atoms with Crippen molar-refractivity contribution in [2.24, 2.45) is 0 Å². The lowest BCUT2D eigenvalue weighted by Crippen LogP contribution is -2.80. The molecule has 0 saturated carbocycles. The third kappa shape index (κ3) is 2.34. The first-order valence-electron chi connectivity index (χ1n) is 6.89. The molecule has 0 spiro atoms. The van der Waals surface area contributed by atoms with E-state index in [-0.39, 0.29) is 17.0 Å². The van der Waals surface area contributed by atoms with E-state index < -0.39 is 35.5 Å². The van der Waals surface area contributed by atoms with Crippen LogP contribution in [0.15, 0.2) is 28.8 Å². The van der Waals surface area contributed by atoms with E-state index in [2.05, 4.69) is 5.32 Å². The van der Waals surface area contributed by atoms with Crippen molar-refractivity contribution in [2.45, 2.75) is 11.1 Å². The molecular formula is C14H14N2O6S2. The molecule has 3 rings (SSSR count). The van der Waals surface area contributed by atoms with Crippen LogP contribution in [0.5, 0.6) is 0 Å². The van der Waals surface area contributed by atoms with Gasteiger partial charge in [0, 0.05) is 12.9 Å². The number of carboxylic acids is 1. The summed E-state index contributed by atoms with van der Waals surface area (Å²) < 4.78 is 5.30. The second-order valence-electron chi connectivity index (χ2n) is 5.13. The molecule has 2 unspecified atom stereocenters. The van der Waals surface area contributed by atoms with Crippen molar-refractivity contribution in [3.8, 4) is 0 Å². The molecule has 128 valence electrons. The van der Waals surface area contributed by atoms with Crippen molar-refractivity contribution < 1.29 is 29.3 Å². The summed E-state index contributed by atoms with van der Waals surface area (Å²) >= 11 is 2.45. The minimum absolute atomic E-state index is 0.229. The van der Waals surface area contributed by atoms with E-state index in [0.717, 1.165) is 4.90 Å². The molecule has 2 aliphatic heterocycles. The molecule has 0 radical (unpaired) electrons. The van der Waals surface area contributed by atoms with Gasteiger partial charge in [-0.2, -0.15) is 0 Å². The topological polar surface area (TPSA) is 116 Å². The van der Waals surface area contributed by atoms with Gasteiger partial charge in [-0.15, -0.1) is 23.1 Å². The molecule has 10 heteroatoms. The number of amides is 2. The lowest BCUT2D eigenvalue weighted by molar-refractivity contribution is -0.188. The smallest absolute Gasteiger partial charge is 0.352 e. The molecule has 0 aliphatic carbocycles. The van der Waals surface area contributed by atoms with Crippen molar-refractivity contribution in [3.63, 3.8) is 0 Å². The Balaban J connectivity index is 1.91. The second-order valence-corrected chi connectivity index (χ2v) is 7.14. The number of carbonyl (C=O) groups excluding carboxylic acids is 2. The molecule has 3 heterocycles. The number of aliphatic hydroxyl groups excluding tert-OH is 1. The molecule has 1 fully saturated rings. The first kappa shape index (κ1) is 17.0. The number of hydrogen-bond acceptors (Lipinski definition) is 7. The van der Waals surface area contributed by atoms with Gasteiger partial charge >= 0.3 is 5.97 Å². The fourth-order valence-electron chi connectivity index (χ4n) is 2.70. The van der Waals surface area contributed by atoms with Gasteiger partial charge < -0.3 is 20.3 Å². The molecule has 2 atom stereocenters. The fraction of sp³-hybridized carbons (Fsp3) is 0.357. The van der Waals surface area contributed by atoms with Crippen LogP contribution in [0.25, 0.3) is 0 Å². The summed E-state index contributed by atoms with van der Waals surface area (Å²) in [4.78, 5) is 37.9. The minimum atomic E-state index is -1.62. The molecule has 2 amide bonds. The highest BCUT2D eigenvalue weighted by Crippen LogP contribution is 2.46. The van der Waals surface area contributed by atoms with Crippen LogP contribution in [0.2, 0.25) is 0 Å². The van der Waals surface area contributed by atoms with Gasteiger partial charge in [0.15, 0.2) is 0 Å². The summed E-state index contributed by atoms with van der Waals surface area (Å²) in [5.74, 6) is -2.20. The number of fused-ring (bicyclic) bond motifs is 1. The van der Waals surface area contributed by atoms with Gasteiger partial charge in [0.25, 0.3) is 17.5 Å². The standard InChI is InChI=1S/C14H14N2O6S2/c1-22-14(15-10(18)8-3-2-4-23-8)12(21)16-9(11(19)20)7(5-17)6-24-13(14)16/h2-4,13,17H,5-6H2,1H3,(H,15,18)(H,19,20). The Morgan fingerprint density at radius 1 is 1.54 bits per heavy atom. The largest absolute Gasteiger partial charge is 0.477 e. The van der Waals surface area contributed by atoms with Crippen molar-refractivity contribution in [2.75, 3.05) is 19.5 Å². The zero-order valence-electron chi connectivity index (χ0n) is 12.5. The zero-order chi connectivity index (χ0) is 17.5. The summed E-state index contributed by atoms with van der Waals surface area (Å²) in [6, 6.07) is 3.33. The Hall–Kier alpha value is -1.88. The Morgan fingerprint density at radius 2 is 2.29 bits per heavy atom. The van der Waals surface area contributed by atoms with Crippen LogP contribution < -0.4 is 5.32 Å². The maximum absolute atomic E-state index is 12.6. The van der Waals surface area contributed by atoms with E-state index in [0.29, 0.717) is 4.88 Å². The molecule has 2 aliphatic rings. The van der Waals surface area contributed by atoms with Crippen molar-refractivity contribution in [1.82, 2.24) is 10.2 Å². The van der Waals surface area contributed by atoms with Crippen LogP contribution in [0.3, 0.4) is 0 Å². The number of methoxy groups -OCH3 is 1. The quantitative estimate of drug-likeness (QED) is 0.496. The zero-order valence-corrected chi connectivity index (χ0v) is 14.1. The van der Waals surface area contributed by atoms with Crippen molar-refractivity contribution in [1.29, 1.82) is 0 Å². The monoisotopic (exact) mass is 370 g/mol. The van der Waals surface area contributed by atoms with E-state index in [1.807, 2.05) is 0 Å². The number of aliphatic hydroxyl groups is 1. The van der Waals surface area contributed by atoms with E-state index in [1.165, 1.54) is 30.2 Å². The van der Waals surface area contributed by atoms with Crippen LogP contribution in [0, 0.1) is 0 Å². The lowest BCUT2D eigenvalue weighted by atomic mass is 9.98. The van der Waals surface area contributed by atoms with E-state index in [1.54, 1.807) is 17.5 Å². The maximum Gasteiger partial charge on any atom is 0.352 e. The highest BCUT2D eigenvalue weighted by Gasteiger charge is 2.66. The van der Waals surface area contributed by atoms with Crippen molar-refractivity contribution in [3.05, 3.63) is 33.7 Å². The first-order chi connectivity index (χ1) is 11.5. The average Bonchev–Trinajstić information content (AvgIpc) is 3.12. The van der Waals surface area contributed by atoms with E-state index >= 15 is 0 Å². The maximum atomic E-state index is 12.6. The molecule has 0 aromatic carbocycles. The Bertz CT molecular complexity index is 732. The van der Waals surface area contributed by atoms with Crippen LogP contribution in [0.4, 0.5) is 0 Å². The van der Waals surface area contributed by atoms with Crippen LogP contribution in [0.1, 0.15) is 9.67 Å². The van der Waals surface area contributed by atoms with Gasteiger partial charge in [0.05, 0.1) is 11.5 Å². The number of thioether (sulfide) groups is 1. The number of carbonyl (C=O) groups is 3. The third-order valence-electron chi connectivity index (χ3n) is 3.87. The molecule has 24 heavy (non-hydrogen) atoms. The first-order valence-corrected chi connectivity index (χ1v) is 8.81. The second kappa shape index (κ2) is 6.20. The van der Waals surface area contributed by atoms with Gasteiger partial charge in [0.2, 0.25) is 0 Å². The van der Waals surface area contributed by atoms with Crippen LogP contribution in [-0.2, 0) is 14.3 Å². The predicted molar refractivity (Wildman–Crippen MR) is 86.4 cm³/mol. The lowest BCUT2D eigenvalue weighted by Gasteiger charge is -2.55. The number of carboxylic acid groups (broad SMARTS) is 1. The van der Waals surface area contributed by atoms with Crippen molar-refractivity contribution >= 4 is 40.9 Å². The Morgan fingerprint density at radius 3 is 2.83 bits per heavy atom.